The third-order valence-electron chi connectivity index (χ3n) is 6.46. The van der Waals surface area contributed by atoms with Gasteiger partial charge in [0.25, 0.3) is 5.91 Å². The zero-order valence-electron chi connectivity index (χ0n) is 22.7. The molecule has 36 heavy (non-hydrogen) atoms. The van der Waals surface area contributed by atoms with Gasteiger partial charge in [-0.3, -0.25) is 4.79 Å². The SMILES string of the molecule is CCCCCCCCCCCCCCOc1ccc(CNC(=O)c2cc[n+](CC)cc2)cc1OC.[I-]. The average Bonchev–Trinajstić information content (AvgIpc) is 2.90. The van der Waals surface area contributed by atoms with E-state index in [0.29, 0.717) is 24.5 Å². The highest BCUT2D eigenvalue weighted by Gasteiger charge is 2.10. The van der Waals surface area contributed by atoms with Crippen LogP contribution in [0.2, 0.25) is 0 Å². The number of aromatic nitrogens is 1. The second-order valence-corrected chi connectivity index (χ2v) is 9.32. The van der Waals surface area contributed by atoms with Crippen LogP contribution >= 0.6 is 0 Å². The van der Waals surface area contributed by atoms with E-state index in [1.165, 1.54) is 70.6 Å². The number of ether oxygens (including phenoxy) is 2. The smallest absolute Gasteiger partial charge is 0.252 e. The van der Waals surface area contributed by atoms with Gasteiger partial charge in [-0.15, -0.1) is 0 Å². The van der Waals surface area contributed by atoms with Crippen molar-refractivity contribution in [2.24, 2.45) is 0 Å². The number of amides is 1. The molecule has 0 aliphatic rings. The van der Waals surface area contributed by atoms with E-state index in [4.69, 9.17) is 9.47 Å². The molecule has 6 heteroatoms. The van der Waals surface area contributed by atoms with Gasteiger partial charge in [0.1, 0.15) is 6.54 Å². The van der Waals surface area contributed by atoms with Crippen LogP contribution in [-0.2, 0) is 13.1 Å². The number of halogens is 1. The molecule has 0 saturated heterocycles. The zero-order valence-corrected chi connectivity index (χ0v) is 24.9. The Morgan fingerprint density at radius 2 is 1.39 bits per heavy atom. The number of pyridine rings is 1. The van der Waals surface area contributed by atoms with Crippen molar-refractivity contribution in [3.8, 4) is 11.5 Å². The molecule has 0 spiro atoms. The van der Waals surface area contributed by atoms with E-state index in [2.05, 4.69) is 19.2 Å². The number of hydrogen-bond donors (Lipinski definition) is 1. The molecule has 1 amide bonds. The Morgan fingerprint density at radius 3 is 1.94 bits per heavy atom. The lowest BCUT2D eigenvalue weighted by Gasteiger charge is -2.13. The normalized spacial score (nSPS) is 10.5. The van der Waals surface area contributed by atoms with E-state index in [1.807, 2.05) is 47.3 Å². The third kappa shape index (κ3) is 12.9. The Balaban J connectivity index is 0.00000648. The second-order valence-electron chi connectivity index (χ2n) is 9.32. The highest BCUT2D eigenvalue weighted by atomic mass is 127. The molecule has 0 saturated carbocycles. The maximum atomic E-state index is 12.4. The summed E-state index contributed by atoms with van der Waals surface area (Å²) >= 11 is 0. The van der Waals surface area contributed by atoms with Crippen molar-refractivity contribution in [2.45, 2.75) is 104 Å². The average molecular weight is 611 g/mol. The molecular weight excluding hydrogens is 563 g/mol. The van der Waals surface area contributed by atoms with Crippen LogP contribution in [-0.4, -0.2) is 19.6 Å². The monoisotopic (exact) mass is 610 g/mol. The van der Waals surface area contributed by atoms with Crippen molar-refractivity contribution >= 4 is 5.91 Å². The molecule has 202 valence electrons. The van der Waals surface area contributed by atoms with Gasteiger partial charge in [0.05, 0.1) is 19.3 Å². The van der Waals surface area contributed by atoms with Crippen molar-refractivity contribution in [2.75, 3.05) is 13.7 Å². The predicted octanol–water partition coefficient (Wildman–Crippen LogP) is 4.02. The van der Waals surface area contributed by atoms with Crippen LogP contribution in [0.3, 0.4) is 0 Å². The lowest BCUT2D eigenvalue weighted by atomic mass is 10.1. The molecule has 0 aliphatic heterocycles. The Kier molecular flexibility index (Phi) is 18.1. The fraction of sp³-hybridized carbons (Fsp3) is 0.600. The molecule has 0 bridgehead atoms. The van der Waals surface area contributed by atoms with E-state index < -0.39 is 0 Å². The number of methoxy groups -OCH3 is 1. The Labute approximate surface area is 236 Å². The van der Waals surface area contributed by atoms with E-state index >= 15 is 0 Å². The number of unbranched alkanes of at least 4 members (excludes halogenated alkanes) is 11. The maximum absolute atomic E-state index is 12.4. The number of rotatable bonds is 19. The van der Waals surface area contributed by atoms with Crippen LogP contribution in [0.25, 0.3) is 0 Å². The number of carbonyl (C=O) groups is 1. The molecule has 2 rings (SSSR count). The highest BCUT2D eigenvalue weighted by Crippen LogP contribution is 2.28. The molecule has 0 aliphatic carbocycles. The van der Waals surface area contributed by atoms with Crippen LogP contribution in [0.4, 0.5) is 0 Å². The minimum Gasteiger partial charge on any atom is -1.00 e. The first-order chi connectivity index (χ1) is 17.2. The lowest BCUT2D eigenvalue weighted by Crippen LogP contribution is -3.00. The predicted molar refractivity (Wildman–Crippen MR) is 143 cm³/mol. The van der Waals surface area contributed by atoms with E-state index in [1.54, 1.807) is 7.11 Å². The topological polar surface area (TPSA) is 51.4 Å². The molecule has 0 radical (unpaired) electrons. The maximum Gasteiger partial charge on any atom is 0.252 e. The van der Waals surface area contributed by atoms with Crippen molar-refractivity contribution < 1.29 is 42.8 Å². The summed E-state index contributed by atoms with van der Waals surface area (Å²) in [4.78, 5) is 12.4. The summed E-state index contributed by atoms with van der Waals surface area (Å²) < 4.78 is 13.5. The molecular formula is C30H47IN2O3. The summed E-state index contributed by atoms with van der Waals surface area (Å²) in [6.07, 6.45) is 19.8. The number of nitrogens with zero attached hydrogens (tertiary/aromatic N) is 1. The summed E-state index contributed by atoms with van der Waals surface area (Å²) in [5, 5.41) is 2.97. The fourth-order valence-corrected chi connectivity index (χ4v) is 4.17. The summed E-state index contributed by atoms with van der Waals surface area (Å²) in [6, 6.07) is 9.54. The van der Waals surface area contributed by atoms with Gasteiger partial charge in [-0.1, -0.05) is 83.6 Å². The standard InChI is InChI=1S/C30H46N2O3.HI/c1-4-6-7-8-9-10-11-12-13-14-15-16-23-35-28-18-17-26(24-29(28)34-3)25-31-30(33)27-19-21-32(5-2)22-20-27;/h17-22,24H,4-16,23,25H2,1-3H3;1H. The molecule has 0 atom stereocenters. The van der Waals surface area contributed by atoms with Crippen molar-refractivity contribution in [1.29, 1.82) is 0 Å². The first kappa shape index (κ1) is 32.2. The van der Waals surface area contributed by atoms with Crippen LogP contribution in [0.1, 0.15) is 107 Å². The Morgan fingerprint density at radius 1 is 0.806 bits per heavy atom. The van der Waals surface area contributed by atoms with Gasteiger partial charge in [-0.2, -0.15) is 0 Å². The van der Waals surface area contributed by atoms with Crippen molar-refractivity contribution in [3.63, 3.8) is 0 Å². The Hall–Kier alpha value is -1.83. The van der Waals surface area contributed by atoms with Gasteiger partial charge in [0.15, 0.2) is 23.9 Å². The van der Waals surface area contributed by atoms with E-state index in [0.717, 1.165) is 24.3 Å². The van der Waals surface area contributed by atoms with Gasteiger partial charge in [-0.25, -0.2) is 4.57 Å². The first-order valence-electron chi connectivity index (χ1n) is 13.7. The molecule has 0 unspecified atom stereocenters. The van der Waals surface area contributed by atoms with Gasteiger partial charge in [-0.05, 0) is 31.0 Å². The van der Waals surface area contributed by atoms with Crippen LogP contribution in [0.15, 0.2) is 42.7 Å². The number of benzene rings is 1. The second kappa shape index (κ2) is 20.3. The molecule has 0 fully saturated rings. The summed E-state index contributed by atoms with van der Waals surface area (Å²) in [5.74, 6) is 1.39. The number of carbonyl (C=O) groups excluding carboxylic acids is 1. The summed E-state index contributed by atoms with van der Waals surface area (Å²) in [7, 11) is 1.65. The molecule has 1 N–H and O–H groups in total. The fourth-order valence-electron chi connectivity index (χ4n) is 4.17. The van der Waals surface area contributed by atoms with Gasteiger partial charge >= 0.3 is 0 Å². The van der Waals surface area contributed by atoms with Crippen molar-refractivity contribution in [3.05, 3.63) is 53.9 Å². The van der Waals surface area contributed by atoms with Gasteiger partial charge in [0, 0.05) is 18.7 Å². The zero-order chi connectivity index (χ0) is 25.1. The minimum atomic E-state index is -0.0838. The molecule has 2 aromatic rings. The van der Waals surface area contributed by atoms with Gasteiger partial charge in [0.2, 0.25) is 0 Å². The first-order valence-corrected chi connectivity index (χ1v) is 13.7. The number of aryl methyl sites for hydroxylation is 1. The lowest BCUT2D eigenvalue weighted by molar-refractivity contribution is -0.693. The van der Waals surface area contributed by atoms with Crippen LogP contribution in [0.5, 0.6) is 11.5 Å². The molecule has 1 aromatic heterocycles. The highest BCUT2D eigenvalue weighted by molar-refractivity contribution is 5.93. The van der Waals surface area contributed by atoms with Gasteiger partial charge < -0.3 is 38.8 Å². The third-order valence-corrected chi connectivity index (χ3v) is 6.46. The van der Waals surface area contributed by atoms with Crippen LogP contribution in [0, 0.1) is 0 Å². The van der Waals surface area contributed by atoms with Crippen molar-refractivity contribution in [1.82, 2.24) is 5.32 Å². The largest absolute Gasteiger partial charge is 1.00 e. The quantitative estimate of drug-likeness (QED) is 0.149. The number of nitrogens with one attached hydrogen (secondary N) is 1. The summed E-state index contributed by atoms with van der Waals surface area (Å²) in [5.41, 5.74) is 1.64. The summed E-state index contributed by atoms with van der Waals surface area (Å²) in [6.45, 7) is 6.37. The van der Waals surface area contributed by atoms with E-state index in [9.17, 15) is 4.79 Å². The molecule has 1 aromatic carbocycles. The minimum absolute atomic E-state index is 0. The number of hydrogen-bond acceptors (Lipinski definition) is 3. The molecule has 1 heterocycles. The van der Waals surface area contributed by atoms with E-state index in [-0.39, 0.29) is 29.9 Å². The Bertz CT molecular complexity index is 843. The van der Waals surface area contributed by atoms with Crippen LogP contribution < -0.4 is 43.3 Å². The molecule has 5 nitrogen and oxygen atoms in total.